The van der Waals surface area contributed by atoms with Gasteiger partial charge in [0.2, 0.25) is 11.8 Å². The van der Waals surface area contributed by atoms with Crippen LogP contribution in [0.15, 0.2) is 18.2 Å². The number of aryl methyl sites for hydroxylation is 1. The van der Waals surface area contributed by atoms with Crippen molar-refractivity contribution in [2.45, 2.75) is 19.3 Å². The van der Waals surface area contributed by atoms with E-state index in [9.17, 15) is 14.0 Å². The summed E-state index contributed by atoms with van der Waals surface area (Å²) in [5, 5.41) is 2.71. The van der Waals surface area contributed by atoms with Crippen molar-refractivity contribution in [3.8, 4) is 0 Å². The number of benzene rings is 1. The molecule has 1 aromatic rings. The van der Waals surface area contributed by atoms with Gasteiger partial charge in [0.15, 0.2) is 0 Å². The van der Waals surface area contributed by atoms with Crippen LogP contribution >= 0.6 is 12.6 Å². The Morgan fingerprint density at radius 2 is 2.20 bits per heavy atom. The second-order valence-corrected chi connectivity index (χ2v) is 5.09. The first-order valence-corrected chi connectivity index (χ1v) is 7.21. The van der Waals surface area contributed by atoms with E-state index in [1.54, 1.807) is 11.0 Å². The second kappa shape index (κ2) is 6.74. The van der Waals surface area contributed by atoms with Crippen LogP contribution in [0.5, 0.6) is 0 Å². The highest BCUT2D eigenvalue weighted by Gasteiger charge is 2.24. The maximum absolute atomic E-state index is 13.2. The van der Waals surface area contributed by atoms with E-state index in [0.29, 0.717) is 37.4 Å². The molecule has 0 fully saturated rings. The standard InChI is InChI=1S/C14H17FN2O2S/c15-11-2-3-12-10(9-11)1-4-14(19)17(12)7-5-13(18)16-6-8-20/h2-3,9,20H,1,4-8H2,(H,16,18). The molecule has 1 heterocycles. The number of carbonyl (C=O) groups is 2. The van der Waals surface area contributed by atoms with Crippen LogP contribution in [0.25, 0.3) is 0 Å². The molecule has 0 atom stereocenters. The number of halogens is 1. The summed E-state index contributed by atoms with van der Waals surface area (Å²) >= 11 is 4.01. The average molecular weight is 296 g/mol. The molecule has 1 aliphatic heterocycles. The third kappa shape index (κ3) is 3.50. The lowest BCUT2D eigenvalue weighted by Gasteiger charge is -2.29. The van der Waals surface area contributed by atoms with Gasteiger partial charge in [-0.3, -0.25) is 9.59 Å². The summed E-state index contributed by atoms with van der Waals surface area (Å²) in [7, 11) is 0. The van der Waals surface area contributed by atoms with Gasteiger partial charge in [-0.25, -0.2) is 4.39 Å². The number of thiol groups is 1. The van der Waals surface area contributed by atoms with Crippen LogP contribution < -0.4 is 10.2 Å². The van der Waals surface area contributed by atoms with Gasteiger partial charge in [-0.1, -0.05) is 0 Å². The molecule has 108 valence electrons. The van der Waals surface area contributed by atoms with Crippen LogP contribution in [0.2, 0.25) is 0 Å². The lowest BCUT2D eigenvalue weighted by atomic mass is 10.0. The SMILES string of the molecule is O=C(CCN1C(=O)CCc2cc(F)ccc21)NCCS. The molecule has 1 N–H and O–H groups in total. The summed E-state index contributed by atoms with van der Waals surface area (Å²) in [4.78, 5) is 25.1. The van der Waals surface area contributed by atoms with Gasteiger partial charge in [0.1, 0.15) is 5.82 Å². The predicted octanol–water partition coefficient (Wildman–Crippen LogP) is 1.54. The number of nitrogens with zero attached hydrogens (tertiary/aromatic N) is 1. The van der Waals surface area contributed by atoms with E-state index in [1.165, 1.54) is 12.1 Å². The summed E-state index contributed by atoms with van der Waals surface area (Å²) in [5.41, 5.74) is 1.53. The molecule has 0 bridgehead atoms. The lowest BCUT2D eigenvalue weighted by Crippen LogP contribution is -2.38. The zero-order valence-corrected chi connectivity index (χ0v) is 12.0. The number of amides is 2. The van der Waals surface area contributed by atoms with Crippen molar-refractivity contribution in [3.05, 3.63) is 29.6 Å². The zero-order valence-electron chi connectivity index (χ0n) is 11.1. The highest BCUT2D eigenvalue weighted by Crippen LogP contribution is 2.28. The Hall–Kier alpha value is -1.56. The summed E-state index contributed by atoms with van der Waals surface area (Å²) < 4.78 is 13.2. The molecular formula is C14H17FN2O2S. The summed E-state index contributed by atoms with van der Waals surface area (Å²) in [6.45, 7) is 0.827. The molecule has 0 spiro atoms. The van der Waals surface area contributed by atoms with E-state index < -0.39 is 0 Å². The molecule has 2 amide bonds. The summed E-state index contributed by atoms with van der Waals surface area (Å²) in [6, 6.07) is 4.40. The molecule has 0 aromatic heterocycles. The molecule has 1 aliphatic rings. The molecule has 0 saturated carbocycles. The quantitative estimate of drug-likeness (QED) is 0.810. The van der Waals surface area contributed by atoms with E-state index in [0.717, 1.165) is 5.56 Å². The van der Waals surface area contributed by atoms with E-state index in [1.807, 2.05) is 0 Å². The van der Waals surface area contributed by atoms with Gasteiger partial charge in [-0.2, -0.15) is 12.6 Å². The molecule has 0 radical (unpaired) electrons. The number of anilines is 1. The normalized spacial score (nSPS) is 14.1. The second-order valence-electron chi connectivity index (χ2n) is 4.64. The highest BCUT2D eigenvalue weighted by atomic mass is 32.1. The van der Waals surface area contributed by atoms with Gasteiger partial charge >= 0.3 is 0 Å². The molecule has 1 aromatic carbocycles. The van der Waals surface area contributed by atoms with Crippen LogP contribution in [0.4, 0.5) is 10.1 Å². The minimum Gasteiger partial charge on any atom is -0.355 e. The number of hydrogen-bond donors (Lipinski definition) is 2. The monoisotopic (exact) mass is 296 g/mol. The number of rotatable bonds is 5. The maximum Gasteiger partial charge on any atom is 0.227 e. The smallest absolute Gasteiger partial charge is 0.227 e. The van der Waals surface area contributed by atoms with Crippen LogP contribution in [0.3, 0.4) is 0 Å². The van der Waals surface area contributed by atoms with Crippen LogP contribution in [0, 0.1) is 5.82 Å². The Morgan fingerprint density at radius 3 is 2.95 bits per heavy atom. The summed E-state index contributed by atoms with van der Waals surface area (Å²) in [5.74, 6) is 0.146. The van der Waals surface area contributed by atoms with Gasteiger partial charge < -0.3 is 10.2 Å². The van der Waals surface area contributed by atoms with Crippen LogP contribution in [0.1, 0.15) is 18.4 Å². The minimum absolute atomic E-state index is 0.0221. The van der Waals surface area contributed by atoms with Gasteiger partial charge in [-0.15, -0.1) is 0 Å². The van der Waals surface area contributed by atoms with Crippen molar-refractivity contribution in [1.29, 1.82) is 0 Å². The molecule has 0 aliphatic carbocycles. The Kier molecular flexibility index (Phi) is 5.00. The average Bonchev–Trinajstić information content (AvgIpc) is 2.44. The van der Waals surface area contributed by atoms with Gasteiger partial charge in [-0.05, 0) is 30.2 Å². The fourth-order valence-corrected chi connectivity index (χ4v) is 2.38. The third-order valence-electron chi connectivity index (χ3n) is 3.24. The first kappa shape index (κ1) is 14.8. The fraction of sp³-hybridized carbons (Fsp3) is 0.429. The van der Waals surface area contributed by atoms with Crippen molar-refractivity contribution < 1.29 is 14.0 Å². The Labute approximate surface area is 122 Å². The summed E-state index contributed by atoms with van der Waals surface area (Å²) in [6.07, 6.45) is 1.14. The molecule has 6 heteroatoms. The van der Waals surface area contributed by atoms with E-state index in [4.69, 9.17) is 0 Å². The number of hydrogen-bond acceptors (Lipinski definition) is 3. The molecule has 20 heavy (non-hydrogen) atoms. The van der Waals surface area contributed by atoms with E-state index in [-0.39, 0.29) is 24.1 Å². The maximum atomic E-state index is 13.2. The largest absolute Gasteiger partial charge is 0.355 e. The Bertz CT molecular complexity index is 522. The number of fused-ring (bicyclic) bond motifs is 1. The first-order valence-electron chi connectivity index (χ1n) is 6.58. The number of nitrogens with one attached hydrogen (secondary N) is 1. The fourth-order valence-electron chi connectivity index (χ4n) is 2.27. The zero-order chi connectivity index (χ0) is 14.5. The van der Waals surface area contributed by atoms with Crippen molar-refractivity contribution in [1.82, 2.24) is 5.32 Å². The third-order valence-corrected chi connectivity index (χ3v) is 3.46. The number of carbonyl (C=O) groups excluding carboxylic acids is 2. The van der Waals surface area contributed by atoms with Crippen molar-refractivity contribution in [3.63, 3.8) is 0 Å². The predicted molar refractivity (Wildman–Crippen MR) is 78.6 cm³/mol. The van der Waals surface area contributed by atoms with Gasteiger partial charge in [0.25, 0.3) is 0 Å². The first-order chi connectivity index (χ1) is 9.61. The molecule has 4 nitrogen and oxygen atoms in total. The Morgan fingerprint density at radius 1 is 1.40 bits per heavy atom. The van der Waals surface area contributed by atoms with Crippen LogP contribution in [-0.4, -0.2) is 30.7 Å². The molecule has 0 unspecified atom stereocenters. The van der Waals surface area contributed by atoms with E-state index in [2.05, 4.69) is 17.9 Å². The topological polar surface area (TPSA) is 49.4 Å². The lowest BCUT2D eigenvalue weighted by molar-refractivity contribution is -0.121. The van der Waals surface area contributed by atoms with Crippen LogP contribution in [-0.2, 0) is 16.0 Å². The van der Waals surface area contributed by atoms with Crippen molar-refractivity contribution >= 4 is 30.1 Å². The van der Waals surface area contributed by atoms with Crippen molar-refractivity contribution in [2.75, 3.05) is 23.7 Å². The van der Waals surface area contributed by atoms with Gasteiger partial charge in [0, 0.05) is 37.4 Å². The van der Waals surface area contributed by atoms with E-state index >= 15 is 0 Å². The minimum atomic E-state index is -0.301. The molecule has 2 rings (SSSR count). The Balaban J connectivity index is 2.04. The molecule has 0 saturated heterocycles. The molecular weight excluding hydrogens is 279 g/mol. The van der Waals surface area contributed by atoms with Crippen molar-refractivity contribution in [2.24, 2.45) is 0 Å². The highest BCUT2D eigenvalue weighted by molar-refractivity contribution is 7.80. The van der Waals surface area contributed by atoms with Gasteiger partial charge in [0.05, 0.1) is 0 Å².